The van der Waals surface area contributed by atoms with Gasteiger partial charge in [-0.1, -0.05) is 6.07 Å². The van der Waals surface area contributed by atoms with E-state index in [1.54, 1.807) is 17.5 Å². The number of aliphatic carboxylic acids is 1. The predicted molar refractivity (Wildman–Crippen MR) is 87.1 cm³/mol. The van der Waals surface area contributed by atoms with Gasteiger partial charge in [0.15, 0.2) is 0 Å². The summed E-state index contributed by atoms with van der Waals surface area (Å²) in [6, 6.07) is 6.41. The molecule has 1 atom stereocenters. The van der Waals surface area contributed by atoms with Crippen molar-refractivity contribution in [1.29, 1.82) is 0 Å². The topological polar surface area (TPSA) is 53.4 Å². The summed E-state index contributed by atoms with van der Waals surface area (Å²) >= 11 is 1.77. The third-order valence-electron chi connectivity index (χ3n) is 4.39. The van der Waals surface area contributed by atoms with Gasteiger partial charge in [0, 0.05) is 17.3 Å². The van der Waals surface area contributed by atoms with E-state index < -0.39 is 5.97 Å². The van der Waals surface area contributed by atoms with Crippen LogP contribution in [0.5, 0.6) is 0 Å². The molecule has 116 valence electrons. The number of carboxylic acid groups (broad SMARTS) is 1. The van der Waals surface area contributed by atoms with Crippen LogP contribution in [0.25, 0.3) is 0 Å². The normalized spacial score (nSPS) is 18.2. The van der Waals surface area contributed by atoms with Crippen molar-refractivity contribution in [1.82, 2.24) is 9.88 Å². The summed E-state index contributed by atoms with van der Waals surface area (Å²) in [5.41, 5.74) is 2.47. The second-order valence-electron chi connectivity index (χ2n) is 5.81. The van der Waals surface area contributed by atoms with E-state index in [4.69, 9.17) is 0 Å². The molecule has 22 heavy (non-hydrogen) atoms. The van der Waals surface area contributed by atoms with Crippen molar-refractivity contribution in [3.05, 3.63) is 52.0 Å². The fraction of sp³-hybridized carbons (Fsp3) is 0.412. The van der Waals surface area contributed by atoms with Crippen LogP contribution in [0.4, 0.5) is 0 Å². The smallest absolute Gasteiger partial charge is 0.306 e. The molecule has 2 aromatic heterocycles. The van der Waals surface area contributed by atoms with Crippen LogP contribution in [-0.2, 0) is 4.79 Å². The molecule has 0 aromatic carbocycles. The first-order valence-electron chi connectivity index (χ1n) is 7.57. The van der Waals surface area contributed by atoms with Gasteiger partial charge >= 0.3 is 5.97 Å². The zero-order chi connectivity index (χ0) is 15.5. The van der Waals surface area contributed by atoms with Gasteiger partial charge in [-0.3, -0.25) is 14.7 Å². The van der Waals surface area contributed by atoms with Crippen LogP contribution in [0.1, 0.15) is 34.9 Å². The van der Waals surface area contributed by atoms with Crippen LogP contribution in [-0.4, -0.2) is 34.0 Å². The van der Waals surface area contributed by atoms with Gasteiger partial charge < -0.3 is 5.11 Å². The Hall–Kier alpha value is -1.72. The molecule has 1 fully saturated rings. The first-order valence-corrected chi connectivity index (χ1v) is 8.45. The minimum absolute atomic E-state index is 0.184. The van der Waals surface area contributed by atoms with Gasteiger partial charge in [0.05, 0.1) is 12.0 Å². The van der Waals surface area contributed by atoms with E-state index in [1.165, 1.54) is 16.0 Å². The molecule has 2 aromatic rings. The highest BCUT2D eigenvalue weighted by Crippen LogP contribution is 2.36. The number of carboxylic acids is 1. The van der Waals surface area contributed by atoms with Gasteiger partial charge in [-0.25, -0.2) is 0 Å². The lowest BCUT2D eigenvalue weighted by molar-refractivity contribution is -0.143. The molecule has 4 nitrogen and oxygen atoms in total. The largest absolute Gasteiger partial charge is 0.481 e. The van der Waals surface area contributed by atoms with Crippen LogP contribution in [0.3, 0.4) is 0 Å². The van der Waals surface area contributed by atoms with Crippen molar-refractivity contribution >= 4 is 17.3 Å². The van der Waals surface area contributed by atoms with Crippen LogP contribution in [0.2, 0.25) is 0 Å². The summed E-state index contributed by atoms with van der Waals surface area (Å²) in [6.07, 6.45) is 5.15. The number of rotatable bonds is 4. The number of thiophene rings is 1. The molecule has 1 N–H and O–H groups in total. The summed E-state index contributed by atoms with van der Waals surface area (Å²) in [5.74, 6) is -0.861. The van der Waals surface area contributed by atoms with Crippen molar-refractivity contribution in [2.24, 2.45) is 5.92 Å². The SMILES string of the molecule is Cc1ccsc1C(c1cccnc1)N1CCC(C(=O)O)CC1. The highest BCUT2D eigenvalue weighted by molar-refractivity contribution is 7.10. The predicted octanol–water partition coefficient (Wildman–Crippen LogP) is 3.34. The average Bonchev–Trinajstić information content (AvgIpc) is 2.95. The quantitative estimate of drug-likeness (QED) is 0.940. The second-order valence-corrected chi connectivity index (χ2v) is 6.75. The third-order valence-corrected chi connectivity index (χ3v) is 5.47. The van der Waals surface area contributed by atoms with Crippen molar-refractivity contribution in [3.8, 4) is 0 Å². The van der Waals surface area contributed by atoms with Gasteiger partial charge in [0.25, 0.3) is 0 Å². The molecular formula is C17H20N2O2S. The molecule has 0 saturated carbocycles. The maximum absolute atomic E-state index is 11.2. The molecule has 1 aliphatic rings. The summed E-state index contributed by atoms with van der Waals surface area (Å²) in [7, 11) is 0. The Bertz CT molecular complexity index is 633. The maximum atomic E-state index is 11.2. The molecular weight excluding hydrogens is 296 g/mol. The standard InChI is InChI=1S/C17H20N2O2S/c1-12-6-10-22-16(12)15(14-3-2-7-18-11-14)19-8-4-13(5-9-19)17(20)21/h2-3,6-7,10-11,13,15H,4-5,8-9H2,1H3,(H,20,21). The Morgan fingerprint density at radius 3 is 2.73 bits per heavy atom. The lowest BCUT2D eigenvalue weighted by Gasteiger charge is -2.36. The van der Waals surface area contributed by atoms with Crippen LogP contribution in [0.15, 0.2) is 36.0 Å². The highest BCUT2D eigenvalue weighted by Gasteiger charge is 2.31. The van der Waals surface area contributed by atoms with Crippen LogP contribution >= 0.6 is 11.3 Å². The van der Waals surface area contributed by atoms with Crippen LogP contribution < -0.4 is 0 Å². The molecule has 1 saturated heterocycles. The number of hydrogen-bond donors (Lipinski definition) is 1. The molecule has 0 radical (unpaired) electrons. The van der Waals surface area contributed by atoms with Crippen molar-refractivity contribution in [3.63, 3.8) is 0 Å². The number of likely N-dealkylation sites (tertiary alicyclic amines) is 1. The fourth-order valence-electron chi connectivity index (χ4n) is 3.13. The number of carbonyl (C=O) groups is 1. The van der Waals surface area contributed by atoms with Crippen molar-refractivity contribution in [2.75, 3.05) is 13.1 Å². The Kier molecular flexibility index (Phi) is 4.55. The first-order chi connectivity index (χ1) is 10.7. The van der Waals surface area contributed by atoms with E-state index >= 15 is 0 Å². The van der Waals surface area contributed by atoms with E-state index in [0.29, 0.717) is 0 Å². The average molecular weight is 316 g/mol. The third kappa shape index (κ3) is 3.05. The van der Waals surface area contributed by atoms with Crippen molar-refractivity contribution < 1.29 is 9.90 Å². The van der Waals surface area contributed by atoms with Gasteiger partial charge in [0.2, 0.25) is 0 Å². The van der Waals surface area contributed by atoms with Gasteiger partial charge in [-0.2, -0.15) is 0 Å². The number of nitrogens with zero attached hydrogens (tertiary/aromatic N) is 2. The zero-order valence-corrected chi connectivity index (χ0v) is 13.4. The molecule has 0 bridgehead atoms. The van der Waals surface area contributed by atoms with E-state index in [1.807, 2.05) is 12.3 Å². The fourth-order valence-corrected chi connectivity index (χ4v) is 4.22. The second kappa shape index (κ2) is 6.58. The molecule has 5 heteroatoms. The number of aryl methyl sites for hydroxylation is 1. The van der Waals surface area contributed by atoms with E-state index in [-0.39, 0.29) is 12.0 Å². The Morgan fingerprint density at radius 1 is 1.41 bits per heavy atom. The van der Waals surface area contributed by atoms with E-state index in [9.17, 15) is 9.90 Å². The number of pyridine rings is 1. The highest BCUT2D eigenvalue weighted by atomic mass is 32.1. The molecule has 0 amide bonds. The summed E-state index contributed by atoms with van der Waals surface area (Å²) in [4.78, 5) is 19.2. The minimum atomic E-state index is -0.662. The van der Waals surface area contributed by atoms with Crippen molar-refractivity contribution in [2.45, 2.75) is 25.8 Å². The summed E-state index contributed by atoms with van der Waals surface area (Å²) < 4.78 is 0. The summed E-state index contributed by atoms with van der Waals surface area (Å²) in [5, 5.41) is 11.3. The number of piperidine rings is 1. The van der Waals surface area contributed by atoms with Gasteiger partial charge in [-0.15, -0.1) is 11.3 Å². The zero-order valence-electron chi connectivity index (χ0n) is 12.6. The van der Waals surface area contributed by atoms with E-state index in [2.05, 4.69) is 34.3 Å². The van der Waals surface area contributed by atoms with E-state index in [0.717, 1.165) is 25.9 Å². The molecule has 0 aliphatic carbocycles. The number of aromatic nitrogens is 1. The Labute approximate surface area is 134 Å². The first kappa shape index (κ1) is 15.2. The van der Waals surface area contributed by atoms with Gasteiger partial charge in [0.1, 0.15) is 0 Å². The summed E-state index contributed by atoms with van der Waals surface area (Å²) in [6.45, 7) is 3.76. The molecule has 1 aliphatic heterocycles. The monoisotopic (exact) mass is 316 g/mol. The van der Waals surface area contributed by atoms with Gasteiger partial charge in [-0.05, 0) is 61.5 Å². The lowest BCUT2D eigenvalue weighted by Crippen LogP contribution is -2.39. The Morgan fingerprint density at radius 2 is 2.18 bits per heavy atom. The minimum Gasteiger partial charge on any atom is -0.481 e. The molecule has 0 spiro atoms. The lowest BCUT2D eigenvalue weighted by atomic mass is 9.93. The molecule has 3 rings (SSSR count). The molecule has 1 unspecified atom stereocenters. The Balaban J connectivity index is 1.87. The number of hydrogen-bond acceptors (Lipinski definition) is 4. The molecule has 3 heterocycles. The maximum Gasteiger partial charge on any atom is 0.306 e. The van der Waals surface area contributed by atoms with Crippen LogP contribution in [0, 0.1) is 12.8 Å².